The van der Waals surface area contributed by atoms with Crippen molar-refractivity contribution in [2.24, 2.45) is 0 Å². The van der Waals surface area contributed by atoms with E-state index >= 15 is 0 Å². The molecule has 0 saturated carbocycles. The van der Waals surface area contributed by atoms with E-state index in [1.807, 2.05) is 48.5 Å². The van der Waals surface area contributed by atoms with Crippen LogP contribution in [-0.4, -0.2) is 21.8 Å². The van der Waals surface area contributed by atoms with E-state index < -0.39 is 5.97 Å². The number of benzene rings is 3. The number of hydrogen-bond donors (Lipinski definition) is 2. The minimum absolute atomic E-state index is 0.245. The van der Waals surface area contributed by atoms with E-state index in [1.54, 1.807) is 24.3 Å². The van der Waals surface area contributed by atoms with Crippen molar-refractivity contribution >= 4 is 28.6 Å². The molecule has 6 heteroatoms. The number of carbonyl (C=O) groups is 2. The Hall–Kier alpha value is -3.93. The van der Waals surface area contributed by atoms with Gasteiger partial charge in [0.2, 0.25) is 0 Å². The zero-order valence-electron chi connectivity index (χ0n) is 15.1. The van der Waals surface area contributed by atoms with Gasteiger partial charge in [0.15, 0.2) is 0 Å². The molecule has 0 radical (unpaired) electrons. The number of rotatable bonds is 4. The van der Waals surface area contributed by atoms with Crippen LogP contribution in [0.5, 0.6) is 5.75 Å². The number of amides is 1. The molecule has 4 rings (SSSR count). The van der Waals surface area contributed by atoms with Gasteiger partial charge in [-0.3, -0.25) is 9.59 Å². The fourth-order valence-electron chi connectivity index (χ4n) is 2.84. The van der Waals surface area contributed by atoms with Crippen LogP contribution in [-0.2, 0) is 4.79 Å². The van der Waals surface area contributed by atoms with Crippen LogP contribution in [0.4, 0.5) is 5.69 Å². The van der Waals surface area contributed by atoms with Crippen LogP contribution < -0.4 is 10.1 Å². The molecular formula is C22H17N3O3. The molecule has 2 N–H and O–H groups in total. The van der Waals surface area contributed by atoms with Crippen molar-refractivity contribution in [3.63, 3.8) is 0 Å². The highest BCUT2D eigenvalue weighted by Gasteiger charge is 2.09. The van der Waals surface area contributed by atoms with Crippen LogP contribution in [0.15, 0.2) is 72.8 Å². The van der Waals surface area contributed by atoms with Gasteiger partial charge in [-0.05, 0) is 60.7 Å². The second-order valence-corrected chi connectivity index (χ2v) is 6.25. The Bertz CT molecular complexity index is 1110. The summed E-state index contributed by atoms with van der Waals surface area (Å²) >= 11 is 0. The molecule has 28 heavy (non-hydrogen) atoms. The molecule has 3 aromatic carbocycles. The number of para-hydroxylation sites is 2. The summed E-state index contributed by atoms with van der Waals surface area (Å²) in [5, 5.41) is 2.85. The highest BCUT2D eigenvalue weighted by molar-refractivity contribution is 6.04. The van der Waals surface area contributed by atoms with Crippen LogP contribution in [0.2, 0.25) is 0 Å². The number of nitrogens with zero attached hydrogens (tertiary/aromatic N) is 1. The lowest BCUT2D eigenvalue weighted by atomic mass is 10.1. The van der Waals surface area contributed by atoms with Crippen LogP contribution in [0.25, 0.3) is 22.4 Å². The Balaban J connectivity index is 1.46. The summed E-state index contributed by atoms with van der Waals surface area (Å²) in [6.07, 6.45) is 0. The molecule has 1 heterocycles. The Kier molecular flexibility index (Phi) is 4.60. The van der Waals surface area contributed by atoms with E-state index in [0.29, 0.717) is 17.0 Å². The SMILES string of the molecule is CC(=O)Oc1ccc(C(=O)Nc2ccc(-c3nc4ccccc4[nH]3)cc2)cc1. The number of carbonyl (C=O) groups excluding carboxylic acids is 2. The fourth-order valence-corrected chi connectivity index (χ4v) is 2.84. The van der Waals surface area contributed by atoms with Gasteiger partial charge >= 0.3 is 5.97 Å². The van der Waals surface area contributed by atoms with Gasteiger partial charge in [-0.25, -0.2) is 4.98 Å². The van der Waals surface area contributed by atoms with Crippen molar-refractivity contribution < 1.29 is 14.3 Å². The van der Waals surface area contributed by atoms with E-state index in [9.17, 15) is 9.59 Å². The molecule has 0 aliphatic rings. The summed E-state index contributed by atoms with van der Waals surface area (Å²) in [7, 11) is 0. The zero-order valence-corrected chi connectivity index (χ0v) is 15.1. The maximum Gasteiger partial charge on any atom is 0.308 e. The maximum absolute atomic E-state index is 12.4. The Morgan fingerprint density at radius 1 is 0.929 bits per heavy atom. The molecule has 0 spiro atoms. The molecule has 0 unspecified atom stereocenters. The third kappa shape index (κ3) is 3.76. The lowest BCUT2D eigenvalue weighted by Crippen LogP contribution is -2.11. The number of esters is 1. The standard InChI is InChI=1S/C22H17N3O3/c1-14(26)28-18-12-8-16(9-13-18)22(27)23-17-10-6-15(7-11-17)21-24-19-4-2-3-5-20(19)25-21/h2-13H,1H3,(H,23,27)(H,24,25). The summed E-state index contributed by atoms with van der Waals surface area (Å²) in [5.74, 6) is 0.534. The van der Waals surface area contributed by atoms with Gasteiger partial charge in [-0.1, -0.05) is 12.1 Å². The number of hydrogen-bond acceptors (Lipinski definition) is 4. The molecule has 6 nitrogen and oxygen atoms in total. The van der Waals surface area contributed by atoms with E-state index in [-0.39, 0.29) is 5.91 Å². The fraction of sp³-hybridized carbons (Fsp3) is 0.0455. The Labute approximate surface area is 161 Å². The minimum atomic E-state index is -0.401. The van der Waals surface area contributed by atoms with Gasteiger partial charge in [-0.15, -0.1) is 0 Å². The first-order valence-corrected chi connectivity index (χ1v) is 8.73. The first-order valence-electron chi connectivity index (χ1n) is 8.73. The lowest BCUT2D eigenvalue weighted by molar-refractivity contribution is -0.131. The van der Waals surface area contributed by atoms with Crippen LogP contribution in [0.3, 0.4) is 0 Å². The number of imidazole rings is 1. The van der Waals surface area contributed by atoms with Crippen molar-refractivity contribution in [1.29, 1.82) is 0 Å². The van der Waals surface area contributed by atoms with Gasteiger partial charge in [-0.2, -0.15) is 0 Å². The molecule has 4 aromatic rings. The number of H-pyrrole nitrogens is 1. The molecule has 0 aliphatic heterocycles. The predicted molar refractivity (Wildman–Crippen MR) is 107 cm³/mol. The van der Waals surface area contributed by atoms with Crippen molar-refractivity contribution in [2.45, 2.75) is 6.92 Å². The van der Waals surface area contributed by atoms with Crippen LogP contribution in [0, 0.1) is 0 Å². The summed E-state index contributed by atoms with van der Waals surface area (Å²) in [6.45, 7) is 1.33. The predicted octanol–water partition coefficient (Wildman–Crippen LogP) is 4.41. The van der Waals surface area contributed by atoms with Crippen molar-refractivity contribution in [3.05, 3.63) is 78.4 Å². The molecule has 1 aromatic heterocycles. The molecule has 0 bridgehead atoms. The van der Waals surface area contributed by atoms with Gasteiger partial charge in [0.05, 0.1) is 11.0 Å². The second-order valence-electron chi connectivity index (χ2n) is 6.25. The van der Waals surface area contributed by atoms with Crippen molar-refractivity contribution in [2.75, 3.05) is 5.32 Å². The molecular weight excluding hydrogens is 354 g/mol. The number of anilines is 1. The zero-order chi connectivity index (χ0) is 19.5. The van der Waals surface area contributed by atoms with Crippen LogP contribution in [0.1, 0.15) is 17.3 Å². The molecule has 0 saturated heterocycles. The number of aromatic amines is 1. The summed E-state index contributed by atoms with van der Waals surface area (Å²) in [5.41, 5.74) is 3.96. The van der Waals surface area contributed by atoms with E-state index in [4.69, 9.17) is 4.74 Å². The van der Waals surface area contributed by atoms with Crippen LogP contribution >= 0.6 is 0 Å². The van der Waals surface area contributed by atoms with Crippen molar-refractivity contribution in [1.82, 2.24) is 9.97 Å². The summed E-state index contributed by atoms with van der Waals surface area (Å²) in [6, 6.07) is 21.7. The van der Waals surface area contributed by atoms with E-state index in [2.05, 4.69) is 15.3 Å². The number of fused-ring (bicyclic) bond motifs is 1. The van der Waals surface area contributed by atoms with Crippen molar-refractivity contribution in [3.8, 4) is 17.1 Å². The number of aromatic nitrogens is 2. The summed E-state index contributed by atoms with van der Waals surface area (Å²) < 4.78 is 4.96. The Morgan fingerprint density at radius 2 is 1.64 bits per heavy atom. The highest BCUT2D eigenvalue weighted by atomic mass is 16.5. The lowest BCUT2D eigenvalue weighted by Gasteiger charge is -2.07. The number of nitrogens with one attached hydrogen (secondary N) is 2. The van der Waals surface area contributed by atoms with Gasteiger partial charge in [0, 0.05) is 23.7 Å². The summed E-state index contributed by atoms with van der Waals surface area (Å²) in [4.78, 5) is 31.2. The average molecular weight is 371 g/mol. The van der Waals surface area contributed by atoms with E-state index in [0.717, 1.165) is 22.4 Å². The normalized spacial score (nSPS) is 10.6. The second kappa shape index (κ2) is 7.36. The highest BCUT2D eigenvalue weighted by Crippen LogP contribution is 2.22. The topological polar surface area (TPSA) is 84.1 Å². The quantitative estimate of drug-likeness (QED) is 0.411. The average Bonchev–Trinajstić information content (AvgIpc) is 3.13. The molecule has 138 valence electrons. The third-order valence-corrected chi connectivity index (χ3v) is 4.18. The molecule has 0 atom stereocenters. The Morgan fingerprint density at radius 3 is 2.32 bits per heavy atom. The molecule has 0 aliphatic carbocycles. The molecule has 0 fully saturated rings. The first-order chi connectivity index (χ1) is 13.6. The monoisotopic (exact) mass is 371 g/mol. The first kappa shape index (κ1) is 17.5. The van der Waals surface area contributed by atoms with Gasteiger partial charge in [0.1, 0.15) is 11.6 Å². The van der Waals surface area contributed by atoms with Gasteiger partial charge < -0.3 is 15.0 Å². The van der Waals surface area contributed by atoms with E-state index in [1.165, 1.54) is 6.92 Å². The largest absolute Gasteiger partial charge is 0.427 e. The minimum Gasteiger partial charge on any atom is -0.427 e. The smallest absolute Gasteiger partial charge is 0.308 e. The number of ether oxygens (including phenoxy) is 1. The van der Waals surface area contributed by atoms with Gasteiger partial charge in [0.25, 0.3) is 5.91 Å². The molecule has 1 amide bonds. The third-order valence-electron chi connectivity index (χ3n) is 4.18. The maximum atomic E-state index is 12.4.